The van der Waals surface area contributed by atoms with Gasteiger partial charge in [0.1, 0.15) is 0 Å². The van der Waals surface area contributed by atoms with Crippen LogP contribution in [0.5, 0.6) is 0 Å². The largest absolute Gasteiger partial charge is 0.395 e. The average Bonchev–Trinajstić information content (AvgIpc) is 2.37. The molecule has 0 spiro atoms. The van der Waals surface area contributed by atoms with E-state index < -0.39 is 0 Å². The van der Waals surface area contributed by atoms with E-state index in [1.165, 1.54) is 19.3 Å². The number of ether oxygens (including phenoxy) is 1. The summed E-state index contributed by atoms with van der Waals surface area (Å²) in [6, 6.07) is 0.353. The van der Waals surface area contributed by atoms with Crippen LogP contribution >= 0.6 is 0 Å². The van der Waals surface area contributed by atoms with Crippen molar-refractivity contribution >= 4 is 5.91 Å². The van der Waals surface area contributed by atoms with Gasteiger partial charge in [0.25, 0.3) is 0 Å². The van der Waals surface area contributed by atoms with Gasteiger partial charge in [0, 0.05) is 32.7 Å². The molecule has 1 rings (SSSR count). The zero-order chi connectivity index (χ0) is 12.5. The smallest absolute Gasteiger partial charge is 0.222 e. The highest BCUT2D eigenvalue weighted by molar-refractivity contribution is 5.76. The normalized spacial score (nSPS) is 17.1. The molecule has 0 saturated heterocycles. The van der Waals surface area contributed by atoms with Crippen LogP contribution in [0, 0.1) is 0 Å². The van der Waals surface area contributed by atoms with Gasteiger partial charge >= 0.3 is 0 Å². The van der Waals surface area contributed by atoms with Crippen molar-refractivity contribution in [1.82, 2.24) is 4.90 Å². The Hall–Kier alpha value is -0.610. The molecule has 0 radical (unpaired) electrons. The molecule has 0 aromatic carbocycles. The van der Waals surface area contributed by atoms with Crippen molar-refractivity contribution in [3.8, 4) is 0 Å². The van der Waals surface area contributed by atoms with Gasteiger partial charge in [-0.3, -0.25) is 4.79 Å². The number of hydrogen-bond donors (Lipinski definition) is 1. The second-order valence-corrected chi connectivity index (χ2v) is 4.70. The number of methoxy groups -OCH3 is 1. The molecule has 1 N–H and O–H groups in total. The zero-order valence-corrected chi connectivity index (χ0v) is 10.9. The van der Waals surface area contributed by atoms with Crippen LogP contribution in [-0.2, 0) is 9.53 Å². The van der Waals surface area contributed by atoms with Gasteiger partial charge in [0.15, 0.2) is 0 Å². The van der Waals surface area contributed by atoms with Crippen LogP contribution in [0.3, 0.4) is 0 Å². The van der Waals surface area contributed by atoms with Gasteiger partial charge in [-0.1, -0.05) is 19.3 Å². The molecule has 1 fully saturated rings. The molecule has 0 aromatic rings. The number of hydrogen-bond acceptors (Lipinski definition) is 3. The summed E-state index contributed by atoms with van der Waals surface area (Å²) in [5, 5.41) is 9.07. The summed E-state index contributed by atoms with van der Waals surface area (Å²) >= 11 is 0. The van der Waals surface area contributed by atoms with E-state index in [4.69, 9.17) is 9.84 Å². The first-order valence-corrected chi connectivity index (χ1v) is 6.69. The van der Waals surface area contributed by atoms with Gasteiger partial charge in [0.2, 0.25) is 5.91 Å². The van der Waals surface area contributed by atoms with Crippen LogP contribution in [0.15, 0.2) is 0 Å². The molecule has 4 nitrogen and oxygen atoms in total. The number of carbonyl (C=O) groups is 1. The summed E-state index contributed by atoms with van der Waals surface area (Å²) in [5.41, 5.74) is 0. The number of rotatable bonds is 7. The monoisotopic (exact) mass is 243 g/mol. The lowest BCUT2D eigenvalue weighted by Crippen LogP contribution is -2.43. The van der Waals surface area contributed by atoms with E-state index in [0.29, 0.717) is 25.6 Å². The van der Waals surface area contributed by atoms with E-state index in [0.717, 1.165) is 19.3 Å². The van der Waals surface area contributed by atoms with Gasteiger partial charge in [0.05, 0.1) is 6.61 Å². The third-order valence-corrected chi connectivity index (χ3v) is 3.42. The predicted octanol–water partition coefficient (Wildman–Crippen LogP) is 1.57. The van der Waals surface area contributed by atoms with Gasteiger partial charge in [-0.25, -0.2) is 0 Å². The fraction of sp³-hybridized carbons (Fsp3) is 0.923. The van der Waals surface area contributed by atoms with Crippen molar-refractivity contribution in [3.63, 3.8) is 0 Å². The SMILES string of the molecule is COCCCC(=O)N(CCO)C1CCCCC1. The fourth-order valence-electron chi connectivity index (χ4n) is 2.52. The number of carbonyl (C=O) groups excluding carboxylic acids is 1. The van der Waals surface area contributed by atoms with E-state index in [1.807, 2.05) is 4.90 Å². The lowest BCUT2D eigenvalue weighted by Gasteiger charge is -2.34. The quantitative estimate of drug-likeness (QED) is 0.690. The van der Waals surface area contributed by atoms with E-state index >= 15 is 0 Å². The minimum atomic E-state index is 0.0620. The zero-order valence-electron chi connectivity index (χ0n) is 10.9. The number of aliphatic hydroxyl groups excluding tert-OH is 1. The van der Waals surface area contributed by atoms with Crippen LogP contribution < -0.4 is 0 Å². The molecule has 0 heterocycles. The minimum Gasteiger partial charge on any atom is -0.395 e. The Bertz CT molecular complexity index is 215. The van der Waals surface area contributed by atoms with E-state index in [-0.39, 0.29) is 12.5 Å². The van der Waals surface area contributed by atoms with Crippen LogP contribution in [0.1, 0.15) is 44.9 Å². The van der Waals surface area contributed by atoms with E-state index in [9.17, 15) is 4.79 Å². The molecular weight excluding hydrogens is 218 g/mol. The topological polar surface area (TPSA) is 49.8 Å². The Kier molecular flexibility index (Phi) is 7.21. The first kappa shape index (κ1) is 14.5. The van der Waals surface area contributed by atoms with Crippen molar-refractivity contribution in [2.75, 3.05) is 26.9 Å². The first-order valence-electron chi connectivity index (χ1n) is 6.69. The maximum Gasteiger partial charge on any atom is 0.222 e. The summed E-state index contributed by atoms with van der Waals surface area (Å²) in [6.45, 7) is 1.17. The van der Waals surface area contributed by atoms with Crippen LogP contribution in [-0.4, -0.2) is 48.8 Å². The van der Waals surface area contributed by atoms with Crippen molar-refractivity contribution in [2.45, 2.75) is 51.0 Å². The molecule has 1 amide bonds. The molecular formula is C13H25NO3. The van der Waals surface area contributed by atoms with Crippen molar-refractivity contribution in [3.05, 3.63) is 0 Å². The highest BCUT2D eigenvalue weighted by Gasteiger charge is 2.24. The lowest BCUT2D eigenvalue weighted by molar-refractivity contribution is -0.135. The first-order chi connectivity index (χ1) is 8.29. The van der Waals surface area contributed by atoms with Gasteiger partial charge in [-0.05, 0) is 19.3 Å². The summed E-state index contributed by atoms with van der Waals surface area (Å²) in [4.78, 5) is 14.0. The Morgan fingerprint density at radius 3 is 2.65 bits per heavy atom. The van der Waals surface area contributed by atoms with Gasteiger partial charge < -0.3 is 14.7 Å². The maximum absolute atomic E-state index is 12.1. The molecule has 1 saturated carbocycles. The summed E-state index contributed by atoms with van der Waals surface area (Å²) < 4.78 is 4.96. The molecule has 17 heavy (non-hydrogen) atoms. The Balaban J connectivity index is 2.42. The Labute approximate surface area is 104 Å². The molecule has 0 bridgehead atoms. The molecule has 0 unspecified atom stereocenters. The molecule has 4 heteroatoms. The minimum absolute atomic E-state index is 0.0620. The Morgan fingerprint density at radius 1 is 1.35 bits per heavy atom. The van der Waals surface area contributed by atoms with E-state index in [2.05, 4.69) is 0 Å². The lowest BCUT2D eigenvalue weighted by atomic mass is 9.94. The summed E-state index contributed by atoms with van der Waals surface area (Å²) in [6.07, 6.45) is 7.18. The molecule has 1 aliphatic carbocycles. The fourth-order valence-corrected chi connectivity index (χ4v) is 2.52. The number of aliphatic hydroxyl groups is 1. The summed E-state index contributed by atoms with van der Waals surface area (Å²) in [7, 11) is 1.65. The maximum atomic E-state index is 12.1. The average molecular weight is 243 g/mol. The number of amides is 1. The summed E-state index contributed by atoms with van der Waals surface area (Å²) in [5.74, 6) is 0.169. The second-order valence-electron chi connectivity index (χ2n) is 4.70. The van der Waals surface area contributed by atoms with Crippen LogP contribution in [0.4, 0.5) is 0 Å². The van der Waals surface area contributed by atoms with Crippen LogP contribution in [0.2, 0.25) is 0 Å². The van der Waals surface area contributed by atoms with Crippen molar-refractivity contribution in [1.29, 1.82) is 0 Å². The standard InChI is InChI=1S/C13H25NO3/c1-17-11-5-8-13(16)14(9-10-15)12-6-3-2-4-7-12/h12,15H,2-11H2,1H3. The Morgan fingerprint density at radius 2 is 2.06 bits per heavy atom. The predicted molar refractivity (Wildman–Crippen MR) is 66.8 cm³/mol. The van der Waals surface area contributed by atoms with Gasteiger partial charge in [-0.2, -0.15) is 0 Å². The van der Waals surface area contributed by atoms with Crippen molar-refractivity contribution in [2.24, 2.45) is 0 Å². The molecule has 0 aromatic heterocycles. The molecule has 1 aliphatic rings. The third-order valence-electron chi connectivity index (χ3n) is 3.42. The highest BCUT2D eigenvalue weighted by Crippen LogP contribution is 2.23. The third kappa shape index (κ3) is 5.04. The van der Waals surface area contributed by atoms with Crippen molar-refractivity contribution < 1.29 is 14.6 Å². The number of nitrogens with zero attached hydrogens (tertiary/aromatic N) is 1. The molecule has 0 aliphatic heterocycles. The van der Waals surface area contributed by atoms with Crippen LogP contribution in [0.25, 0.3) is 0 Å². The highest BCUT2D eigenvalue weighted by atomic mass is 16.5. The van der Waals surface area contributed by atoms with E-state index in [1.54, 1.807) is 7.11 Å². The van der Waals surface area contributed by atoms with Gasteiger partial charge in [-0.15, -0.1) is 0 Å². The molecule has 100 valence electrons. The second kappa shape index (κ2) is 8.48. The molecule has 0 atom stereocenters.